The summed E-state index contributed by atoms with van der Waals surface area (Å²) in [6.07, 6.45) is -5.39. The number of anilines is 2. The van der Waals surface area contributed by atoms with E-state index in [4.69, 9.17) is 4.74 Å². The molecule has 154 valence electrons. The molecule has 2 N–H and O–H groups in total. The molecule has 1 unspecified atom stereocenters. The number of nitrogens with one attached hydrogen (secondary N) is 1. The van der Waals surface area contributed by atoms with Crippen LogP contribution >= 0.6 is 0 Å². The molecule has 3 aromatic carbocycles. The monoisotopic (exact) mass is 414 g/mol. The van der Waals surface area contributed by atoms with E-state index in [2.05, 4.69) is 5.32 Å². The van der Waals surface area contributed by atoms with Crippen molar-refractivity contribution in [2.45, 2.75) is 12.3 Å². The number of benzene rings is 3. The maximum Gasteiger partial charge on any atom is 0.416 e. The van der Waals surface area contributed by atoms with Crippen molar-refractivity contribution < 1.29 is 27.8 Å². The lowest BCUT2D eigenvalue weighted by atomic mass is 10.0. The van der Waals surface area contributed by atoms with Crippen LogP contribution in [0.5, 0.6) is 11.5 Å². The zero-order valence-corrected chi connectivity index (χ0v) is 15.8. The number of aromatic hydroxyl groups is 1. The van der Waals surface area contributed by atoms with E-state index in [1.54, 1.807) is 30.3 Å². The van der Waals surface area contributed by atoms with Crippen molar-refractivity contribution >= 4 is 17.3 Å². The molecular formula is C22H17F3N2O3. The van der Waals surface area contributed by atoms with Gasteiger partial charge in [-0.25, -0.2) is 0 Å². The number of para-hydroxylation sites is 1. The standard InChI is InChI=1S/C22H17F3N2O3/c1-30-19-10-9-13(11-18(19)28)20-26-17-8-3-2-7-16(17)21(29)27(20)15-6-4-5-14(12-15)22(23,24)25/h2-12,20,26,28H,1H3. The molecule has 1 atom stereocenters. The molecule has 0 spiro atoms. The number of methoxy groups -OCH3 is 1. The highest BCUT2D eigenvalue weighted by molar-refractivity contribution is 6.12. The summed E-state index contributed by atoms with van der Waals surface area (Å²) in [5.74, 6) is -0.358. The normalized spacial score (nSPS) is 16.1. The molecule has 1 heterocycles. The number of ether oxygens (including phenoxy) is 1. The van der Waals surface area contributed by atoms with Crippen LogP contribution in [-0.4, -0.2) is 18.1 Å². The minimum absolute atomic E-state index is 0.0807. The van der Waals surface area contributed by atoms with Gasteiger partial charge < -0.3 is 15.2 Å². The van der Waals surface area contributed by atoms with Crippen LogP contribution in [-0.2, 0) is 6.18 Å². The van der Waals surface area contributed by atoms with Crippen molar-refractivity contribution in [2.24, 2.45) is 0 Å². The highest BCUT2D eigenvalue weighted by Gasteiger charge is 2.36. The molecule has 3 aromatic rings. The SMILES string of the molecule is COc1ccc(C2Nc3ccccc3C(=O)N2c2cccc(C(F)(F)F)c2)cc1O. The first-order chi connectivity index (χ1) is 14.3. The summed E-state index contributed by atoms with van der Waals surface area (Å²) < 4.78 is 44.8. The van der Waals surface area contributed by atoms with Crippen molar-refractivity contribution in [3.63, 3.8) is 0 Å². The average Bonchev–Trinajstić information content (AvgIpc) is 2.73. The van der Waals surface area contributed by atoms with Gasteiger partial charge in [0.05, 0.1) is 18.2 Å². The van der Waals surface area contributed by atoms with Gasteiger partial charge >= 0.3 is 6.18 Å². The second-order valence-electron chi connectivity index (χ2n) is 6.75. The van der Waals surface area contributed by atoms with E-state index in [9.17, 15) is 23.1 Å². The largest absolute Gasteiger partial charge is 0.504 e. The van der Waals surface area contributed by atoms with Gasteiger partial charge in [0.1, 0.15) is 6.17 Å². The molecule has 0 saturated carbocycles. The van der Waals surface area contributed by atoms with Gasteiger partial charge in [-0.3, -0.25) is 9.69 Å². The Morgan fingerprint density at radius 1 is 1.03 bits per heavy atom. The number of hydrogen-bond acceptors (Lipinski definition) is 4. The van der Waals surface area contributed by atoms with Crippen LogP contribution in [0, 0.1) is 0 Å². The molecule has 0 aromatic heterocycles. The second kappa shape index (κ2) is 7.29. The first-order valence-corrected chi connectivity index (χ1v) is 9.03. The van der Waals surface area contributed by atoms with Crippen molar-refractivity contribution in [3.05, 3.63) is 83.4 Å². The quantitative estimate of drug-likeness (QED) is 0.619. The molecule has 1 amide bonds. The van der Waals surface area contributed by atoms with E-state index in [1.807, 2.05) is 0 Å². The van der Waals surface area contributed by atoms with Gasteiger partial charge in [0, 0.05) is 11.4 Å². The fraction of sp³-hybridized carbons (Fsp3) is 0.136. The van der Waals surface area contributed by atoms with Crippen molar-refractivity contribution in [3.8, 4) is 11.5 Å². The van der Waals surface area contributed by atoms with Crippen LogP contribution in [0.4, 0.5) is 24.5 Å². The summed E-state index contributed by atoms with van der Waals surface area (Å²) in [5.41, 5.74) is 0.587. The van der Waals surface area contributed by atoms with Gasteiger partial charge in [-0.15, -0.1) is 0 Å². The molecule has 0 bridgehead atoms. The number of carbonyl (C=O) groups is 1. The average molecular weight is 414 g/mol. The number of rotatable bonds is 3. The van der Waals surface area contributed by atoms with E-state index in [0.29, 0.717) is 16.8 Å². The summed E-state index contributed by atoms with van der Waals surface area (Å²) in [7, 11) is 1.41. The molecule has 0 aliphatic carbocycles. The Morgan fingerprint density at radius 2 is 1.80 bits per heavy atom. The van der Waals surface area contributed by atoms with Gasteiger partial charge in [0.2, 0.25) is 0 Å². The number of carbonyl (C=O) groups excluding carboxylic acids is 1. The fourth-order valence-electron chi connectivity index (χ4n) is 3.46. The zero-order chi connectivity index (χ0) is 21.5. The van der Waals surface area contributed by atoms with Crippen LogP contribution in [0.25, 0.3) is 0 Å². The third-order valence-electron chi connectivity index (χ3n) is 4.90. The zero-order valence-electron chi connectivity index (χ0n) is 15.8. The molecule has 8 heteroatoms. The smallest absolute Gasteiger partial charge is 0.416 e. The first kappa shape index (κ1) is 19.6. The number of phenols is 1. The molecule has 1 aliphatic rings. The van der Waals surface area contributed by atoms with E-state index < -0.39 is 23.8 Å². The number of amides is 1. The Kier molecular flexibility index (Phi) is 4.77. The summed E-state index contributed by atoms with van der Waals surface area (Å²) in [4.78, 5) is 14.5. The minimum Gasteiger partial charge on any atom is -0.504 e. The first-order valence-electron chi connectivity index (χ1n) is 9.03. The van der Waals surface area contributed by atoms with Crippen LogP contribution < -0.4 is 15.0 Å². The number of nitrogens with zero attached hydrogens (tertiary/aromatic N) is 1. The van der Waals surface area contributed by atoms with Gasteiger partial charge in [-0.2, -0.15) is 13.2 Å². The predicted molar refractivity (Wildman–Crippen MR) is 106 cm³/mol. The lowest BCUT2D eigenvalue weighted by molar-refractivity contribution is -0.137. The van der Waals surface area contributed by atoms with E-state index >= 15 is 0 Å². The number of phenolic OH excluding ortho intramolecular Hbond substituents is 1. The van der Waals surface area contributed by atoms with Crippen molar-refractivity contribution in [1.82, 2.24) is 0 Å². The van der Waals surface area contributed by atoms with Crippen molar-refractivity contribution in [2.75, 3.05) is 17.3 Å². The maximum atomic E-state index is 13.3. The fourth-order valence-corrected chi connectivity index (χ4v) is 3.46. The third kappa shape index (κ3) is 3.41. The Labute approximate surface area is 170 Å². The summed E-state index contributed by atoms with van der Waals surface area (Å²) in [6, 6.07) is 15.9. The van der Waals surface area contributed by atoms with Gasteiger partial charge in [-0.1, -0.05) is 24.3 Å². The summed E-state index contributed by atoms with van der Waals surface area (Å²) in [5, 5.41) is 13.4. The Hall–Kier alpha value is -3.68. The van der Waals surface area contributed by atoms with Crippen molar-refractivity contribution in [1.29, 1.82) is 0 Å². The lowest BCUT2D eigenvalue weighted by Crippen LogP contribution is -2.43. The van der Waals surface area contributed by atoms with Gasteiger partial charge in [0.25, 0.3) is 5.91 Å². The second-order valence-corrected chi connectivity index (χ2v) is 6.75. The highest BCUT2D eigenvalue weighted by atomic mass is 19.4. The number of alkyl halides is 3. The number of halogens is 3. The van der Waals surface area contributed by atoms with Crippen LogP contribution in [0.3, 0.4) is 0 Å². The summed E-state index contributed by atoms with van der Waals surface area (Å²) >= 11 is 0. The van der Waals surface area contributed by atoms with Gasteiger partial charge in [-0.05, 0) is 48.0 Å². The third-order valence-corrected chi connectivity index (χ3v) is 4.90. The Bertz CT molecular complexity index is 1110. The van der Waals surface area contributed by atoms with E-state index in [-0.39, 0.29) is 17.2 Å². The topological polar surface area (TPSA) is 61.8 Å². The maximum absolute atomic E-state index is 13.3. The Balaban J connectivity index is 1.86. The number of hydrogen-bond donors (Lipinski definition) is 2. The minimum atomic E-state index is -4.55. The van der Waals surface area contributed by atoms with Crippen LogP contribution in [0.15, 0.2) is 66.7 Å². The predicted octanol–water partition coefficient (Wildman–Crippen LogP) is 5.19. The van der Waals surface area contributed by atoms with Crippen LogP contribution in [0.2, 0.25) is 0 Å². The molecule has 30 heavy (non-hydrogen) atoms. The van der Waals surface area contributed by atoms with Crippen LogP contribution in [0.1, 0.15) is 27.7 Å². The molecule has 5 nitrogen and oxygen atoms in total. The molecule has 0 fully saturated rings. The molecule has 1 aliphatic heterocycles. The highest BCUT2D eigenvalue weighted by Crippen LogP contribution is 2.40. The molecule has 0 radical (unpaired) electrons. The number of fused-ring (bicyclic) bond motifs is 1. The molecule has 4 rings (SSSR count). The van der Waals surface area contributed by atoms with Gasteiger partial charge in [0.15, 0.2) is 11.5 Å². The Morgan fingerprint density at radius 3 is 2.50 bits per heavy atom. The van der Waals surface area contributed by atoms with E-state index in [0.717, 1.165) is 12.1 Å². The van der Waals surface area contributed by atoms with E-state index in [1.165, 1.54) is 36.3 Å². The molecule has 0 saturated heterocycles. The summed E-state index contributed by atoms with van der Waals surface area (Å²) in [6.45, 7) is 0. The lowest BCUT2D eigenvalue weighted by Gasteiger charge is -2.38. The molecular weight excluding hydrogens is 397 g/mol.